The van der Waals surface area contributed by atoms with E-state index in [0.717, 1.165) is 19.4 Å². The second-order valence-electron chi connectivity index (χ2n) is 6.20. The smallest absolute Gasteiger partial charge is 0.276 e. The predicted octanol–water partition coefficient (Wildman–Crippen LogP) is 1.70. The lowest BCUT2D eigenvalue weighted by atomic mass is 10.2. The van der Waals surface area contributed by atoms with Crippen molar-refractivity contribution in [3.8, 4) is 5.75 Å². The topological polar surface area (TPSA) is 91.7 Å². The number of carbonyl (C=O) groups excluding carboxylic acids is 1. The molecular formula is C19H23N3O5. The first-order valence-electron chi connectivity index (χ1n) is 8.88. The van der Waals surface area contributed by atoms with Crippen molar-refractivity contribution >= 4 is 11.6 Å². The van der Waals surface area contributed by atoms with Crippen LogP contribution in [-0.2, 0) is 16.0 Å². The minimum Gasteiger partial charge on any atom is -0.491 e. The van der Waals surface area contributed by atoms with Gasteiger partial charge in [-0.1, -0.05) is 6.07 Å². The van der Waals surface area contributed by atoms with Crippen LogP contribution < -0.4 is 15.6 Å². The lowest BCUT2D eigenvalue weighted by molar-refractivity contribution is 0.0680. The molecule has 144 valence electrons. The number of methoxy groups -OCH3 is 1. The third kappa shape index (κ3) is 5.38. The molecular weight excluding hydrogens is 350 g/mol. The van der Waals surface area contributed by atoms with Gasteiger partial charge in [0.15, 0.2) is 0 Å². The van der Waals surface area contributed by atoms with Gasteiger partial charge in [-0.3, -0.25) is 9.59 Å². The van der Waals surface area contributed by atoms with Crippen LogP contribution in [0.15, 0.2) is 41.2 Å². The number of hydrogen-bond donors (Lipinski definition) is 1. The van der Waals surface area contributed by atoms with Crippen LogP contribution in [0.4, 0.5) is 5.69 Å². The summed E-state index contributed by atoms with van der Waals surface area (Å²) in [5, 5.41) is 6.85. The highest BCUT2D eigenvalue weighted by Gasteiger charge is 2.16. The van der Waals surface area contributed by atoms with Gasteiger partial charge in [-0.15, -0.1) is 0 Å². The number of aromatic nitrogens is 2. The molecule has 3 rings (SSSR count). The summed E-state index contributed by atoms with van der Waals surface area (Å²) in [7, 11) is 1.54. The first kappa shape index (κ1) is 19.1. The molecule has 27 heavy (non-hydrogen) atoms. The van der Waals surface area contributed by atoms with Crippen LogP contribution in [0.1, 0.15) is 23.3 Å². The summed E-state index contributed by atoms with van der Waals surface area (Å²) in [5.41, 5.74) is 0.450. The Kier molecular flexibility index (Phi) is 6.56. The van der Waals surface area contributed by atoms with E-state index in [-0.39, 0.29) is 23.9 Å². The second-order valence-corrected chi connectivity index (χ2v) is 6.20. The van der Waals surface area contributed by atoms with E-state index in [1.54, 1.807) is 18.2 Å². The molecule has 1 amide bonds. The largest absolute Gasteiger partial charge is 0.491 e. The van der Waals surface area contributed by atoms with Crippen LogP contribution in [0.2, 0.25) is 0 Å². The van der Waals surface area contributed by atoms with Gasteiger partial charge in [0.2, 0.25) is 0 Å². The maximum atomic E-state index is 12.4. The standard InChI is InChI=1S/C19H23N3O5/c1-25-11-9-22-18(23)8-7-17(21-22)19(24)20-14-4-2-5-15(12-14)27-13-16-6-3-10-26-16/h2,4-5,7-8,12,16H,3,6,9-11,13H2,1H3,(H,20,24). The number of benzene rings is 1. The molecule has 1 N–H and O–H groups in total. The van der Waals surface area contributed by atoms with E-state index in [0.29, 0.717) is 24.7 Å². The lowest BCUT2D eigenvalue weighted by Crippen LogP contribution is -2.27. The molecule has 1 aromatic heterocycles. The van der Waals surface area contributed by atoms with Crippen molar-refractivity contribution in [1.82, 2.24) is 9.78 Å². The van der Waals surface area contributed by atoms with Crippen LogP contribution in [0.25, 0.3) is 0 Å². The lowest BCUT2D eigenvalue weighted by Gasteiger charge is -2.12. The average Bonchev–Trinajstić information content (AvgIpc) is 3.19. The van der Waals surface area contributed by atoms with Crippen molar-refractivity contribution in [3.63, 3.8) is 0 Å². The van der Waals surface area contributed by atoms with Crippen LogP contribution in [-0.4, -0.2) is 48.7 Å². The van der Waals surface area contributed by atoms with Crippen molar-refractivity contribution in [2.24, 2.45) is 0 Å². The molecule has 2 aromatic rings. The summed E-state index contributed by atoms with van der Waals surface area (Å²) in [6.45, 7) is 1.89. The van der Waals surface area contributed by atoms with E-state index in [1.807, 2.05) is 6.07 Å². The Morgan fingerprint density at radius 3 is 3.04 bits per heavy atom. The molecule has 2 heterocycles. The molecule has 1 aliphatic rings. The Bertz CT molecular complexity index is 830. The Morgan fingerprint density at radius 1 is 1.37 bits per heavy atom. The summed E-state index contributed by atoms with van der Waals surface area (Å²) in [4.78, 5) is 24.2. The Labute approximate surface area is 157 Å². The van der Waals surface area contributed by atoms with Gasteiger partial charge in [-0.2, -0.15) is 5.10 Å². The molecule has 1 unspecified atom stereocenters. The van der Waals surface area contributed by atoms with E-state index in [9.17, 15) is 9.59 Å². The third-order valence-electron chi connectivity index (χ3n) is 4.16. The minimum atomic E-state index is -0.405. The van der Waals surface area contributed by atoms with E-state index < -0.39 is 5.91 Å². The summed E-state index contributed by atoms with van der Waals surface area (Å²) in [6.07, 6.45) is 2.19. The maximum absolute atomic E-state index is 12.4. The predicted molar refractivity (Wildman–Crippen MR) is 99.2 cm³/mol. The van der Waals surface area contributed by atoms with E-state index in [1.165, 1.54) is 23.9 Å². The van der Waals surface area contributed by atoms with Crippen LogP contribution in [0, 0.1) is 0 Å². The fourth-order valence-electron chi connectivity index (χ4n) is 2.73. The SMILES string of the molecule is COCCn1nc(C(=O)Nc2cccc(OCC3CCCO3)c2)ccc1=O. The highest BCUT2D eigenvalue weighted by molar-refractivity contribution is 6.02. The van der Waals surface area contributed by atoms with Gasteiger partial charge in [0.1, 0.15) is 18.1 Å². The molecule has 1 atom stereocenters. The van der Waals surface area contributed by atoms with Crippen molar-refractivity contribution in [1.29, 1.82) is 0 Å². The number of amides is 1. The Hall–Kier alpha value is -2.71. The van der Waals surface area contributed by atoms with Crippen molar-refractivity contribution in [2.45, 2.75) is 25.5 Å². The first-order valence-corrected chi connectivity index (χ1v) is 8.88. The monoisotopic (exact) mass is 373 g/mol. The van der Waals surface area contributed by atoms with Crippen molar-refractivity contribution < 1.29 is 19.0 Å². The fraction of sp³-hybridized carbons (Fsp3) is 0.421. The van der Waals surface area contributed by atoms with E-state index in [2.05, 4.69) is 10.4 Å². The number of nitrogens with one attached hydrogen (secondary N) is 1. The van der Waals surface area contributed by atoms with E-state index >= 15 is 0 Å². The number of anilines is 1. The number of ether oxygens (including phenoxy) is 3. The molecule has 0 spiro atoms. The van der Waals surface area contributed by atoms with E-state index in [4.69, 9.17) is 14.2 Å². The van der Waals surface area contributed by atoms with Crippen molar-refractivity contribution in [3.05, 3.63) is 52.4 Å². The highest BCUT2D eigenvalue weighted by Crippen LogP contribution is 2.20. The molecule has 1 saturated heterocycles. The highest BCUT2D eigenvalue weighted by atomic mass is 16.5. The summed E-state index contributed by atoms with van der Waals surface area (Å²) in [6, 6.07) is 9.85. The van der Waals surface area contributed by atoms with Crippen LogP contribution >= 0.6 is 0 Å². The number of hydrogen-bond acceptors (Lipinski definition) is 6. The maximum Gasteiger partial charge on any atom is 0.276 e. The third-order valence-corrected chi connectivity index (χ3v) is 4.16. The first-order chi connectivity index (χ1) is 13.2. The van der Waals surface area contributed by atoms with Crippen LogP contribution in [0.3, 0.4) is 0 Å². The molecule has 0 bridgehead atoms. The van der Waals surface area contributed by atoms with Gasteiger partial charge in [-0.05, 0) is 31.0 Å². The average molecular weight is 373 g/mol. The zero-order chi connectivity index (χ0) is 19.1. The molecule has 8 heteroatoms. The normalized spacial score (nSPS) is 16.3. The fourth-order valence-corrected chi connectivity index (χ4v) is 2.73. The second kappa shape index (κ2) is 9.29. The Balaban J connectivity index is 1.63. The molecule has 1 fully saturated rings. The number of rotatable bonds is 8. The van der Waals surface area contributed by atoms with Crippen molar-refractivity contribution in [2.75, 3.05) is 32.2 Å². The molecule has 8 nitrogen and oxygen atoms in total. The number of carbonyl (C=O) groups is 1. The molecule has 1 aliphatic heterocycles. The molecule has 1 aromatic carbocycles. The zero-order valence-corrected chi connectivity index (χ0v) is 15.2. The summed E-state index contributed by atoms with van der Waals surface area (Å²) in [5.74, 6) is 0.249. The van der Waals surface area contributed by atoms with Gasteiger partial charge in [0, 0.05) is 31.5 Å². The molecule has 0 aliphatic carbocycles. The summed E-state index contributed by atoms with van der Waals surface area (Å²) < 4.78 is 17.4. The molecule has 0 radical (unpaired) electrons. The summed E-state index contributed by atoms with van der Waals surface area (Å²) >= 11 is 0. The number of nitrogens with zero attached hydrogens (tertiary/aromatic N) is 2. The molecule has 0 saturated carbocycles. The van der Waals surface area contributed by atoms with Gasteiger partial charge >= 0.3 is 0 Å². The van der Waals surface area contributed by atoms with Gasteiger partial charge in [-0.25, -0.2) is 4.68 Å². The van der Waals surface area contributed by atoms with Gasteiger partial charge in [0.25, 0.3) is 11.5 Å². The quantitative estimate of drug-likeness (QED) is 0.757. The van der Waals surface area contributed by atoms with Crippen LogP contribution in [0.5, 0.6) is 5.75 Å². The van der Waals surface area contributed by atoms with Gasteiger partial charge in [0.05, 0.1) is 19.3 Å². The zero-order valence-electron chi connectivity index (χ0n) is 15.2. The van der Waals surface area contributed by atoms with Gasteiger partial charge < -0.3 is 19.5 Å². The Morgan fingerprint density at radius 2 is 2.26 bits per heavy atom. The minimum absolute atomic E-state index is 0.126.